The predicted molar refractivity (Wildman–Crippen MR) is 85.7 cm³/mol. The molecule has 0 heterocycles. The van der Waals surface area contributed by atoms with Crippen LogP contribution in [0, 0.1) is 0 Å². The van der Waals surface area contributed by atoms with Crippen LogP contribution in [0.4, 0.5) is 0 Å². The first kappa shape index (κ1) is 18.3. The zero-order valence-electron chi connectivity index (χ0n) is 13.2. The third-order valence-corrected chi connectivity index (χ3v) is 18.9. The van der Waals surface area contributed by atoms with Gasteiger partial charge in [-0.25, -0.2) is 0 Å². The Morgan fingerprint density at radius 2 is 1.22 bits per heavy atom. The number of hydrogen-bond acceptors (Lipinski definition) is 1. The molecule has 0 amide bonds. The summed E-state index contributed by atoms with van der Waals surface area (Å²) < 4.78 is 11.6. The molecule has 0 saturated heterocycles. The van der Waals surface area contributed by atoms with E-state index in [9.17, 15) is 0 Å². The topological polar surface area (TPSA) is 9.23 Å². The second-order valence-electron chi connectivity index (χ2n) is 5.45. The predicted octanol–water partition coefficient (Wildman–Crippen LogP) is 5.92. The average Bonchev–Trinajstić information content (AvgIpc) is 2.38. The van der Waals surface area contributed by atoms with Crippen molar-refractivity contribution in [1.29, 1.82) is 0 Å². The van der Waals surface area contributed by atoms with E-state index < -0.39 is 18.4 Å². The number of rotatable bonds is 12. The summed E-state index contributed by atoms with van der Waals surface area (Å²) in [6, 6.07) is 0. The molecule has 0 aromatic rings. The minimum atomic E-state index is -2.24. The van der Waals surface area contributed by atoms with E-state index in [0.29, 0.717) is 0 Å². The van der Waals surface area contributed by atoms with Gasteiger partial charge in [0.15, 0.2) is 0 Å². The molecule has 18 heavy (non-hydrogen) atoms. The summed E-state index contributed by atoms with van der Waals surface area (Å²) in [6.07, 6.45) is 8.10. The molecular weight excluding hydrogens is 254 g/mol. The van der Waals surface area contributed by atoms with Crippen LogP contribution in [-0.4, -0.2) is 25.0 Å². The van der Waals surface area contributed by atoms with Gasteiger partial charge >= 0.3 is 120 Å². The van der Waals surface area contributed by atoms with Crippen LogP contribution in [0.25, 0.3) is 0 Å². The summed E-state index contributed by atoms with van der Waals surface area (Å²) in [5, 5.41) is 0. The van der Waals surface area contributed by atoms with Gasteiger partial charge in [-0.2, -0.15) is 0 Å². The van der Waals surface area contributed by atoms with Crippen molar-refractivity contribution in [2.24, 2.45) is 0 Å². The van der Waals surface area contributed by atoms with Gasteiger partial charge in [-0.3, -0.25) is 0 Å². The standard InChI is InChI=1S/C4H7O.3C4H9.Sn/c1-3-5-4-2;3*1-3-4-2;/h1,4H2,2H3;3*1,3-4H2,2H3;/i;;;;1-73. The summed E-state index contributed by atoms with van der Waals surface area (Å²) in [5.74, 6) is 0. The van der Waals surface area contributed by atoms with Crippen molar-refractivity contribution in [1.82, 2.24) is 0 Å². The first-order valence-electron chi connectivity index (χ1n) is 7.99. The number of unbranched alkanes of at least 4 members (excludes halogenated alkanes) is 3. The Morgan fingerprint density at radius 3 is 1.50 bits per heavy atom. The molecule has 1 nitrogen and oxygen atoms in total. The van der Waals surface area contributed by atoms with Gasteiger partial charge in [0.05, 0.1) is 0 Å². The first-order chi connectivity index (χ1) is 8.66. The zero-order chi connectivity index (χ0) is 13.9. The molecule has 0 spiro atoms. The van der Waals surface area contributed by atoms with E-state index in [-0.39, 0.29) is 0 Å². The average molecular weight is 288 g/mol. The van der Waals surface area contributed by atoms with E-state index in [2.05, 4.69) is 34.3 Å². The van der Waals surface area contributed by atoms with Crippen LogP contribution in [0.1, 0.15) is 66.2 Å². The van der Waals surface area contributed by atoms with Crippen molar-refractivity contribution in [3.63, 3.8) is 0 Å². The fourth-order valence-corrected chi connectivity index (χ4v) is 17.3. The van der Waals surface area contributed by atoms with Gasteiger partial charge in [0, 0.05) is 0 Å². The Bertz CT molecular complexity index is 191. The van der Waals surface area contributed by atoms with Crippen molar-refractivity contribution in [2.45, 2.75) is 79.5 Å². The SMILES string of the molecule is C=[C](OCC)[46Sn]([CH2]CCC)([CH2]CCC)[CH2]CCC. The fraction of sp³-hybridized carbons (Fsp3) is 0.875. The Labute approximate surface area is 119 Å². The fourth-order valence-electron chi connectivity index (χ4n) is 2.67. The van der Waals surface area contributed by atoms with Gasteiger partial charge in [0.2, 0.25) is 0 Å². The molecule has 0 fully saturated rings. The van der Waals surface area contributed by atoms with Gasteiger partial charge in [0.1, 0.15) is 0 Å². The third-order valence-electron chi connectivity index (χ3n) is 3.94. The van der Waals surface area contributed by atoms with Crippen molar-refractivity contribution >= 4 is 18.4 Å². The van der Waals surface area contributed by atoms with E-state index in [1.165, 1.54) is 55.6 Å². The maximum atomic E-state index is 5.90. The second kappa shape index (κ2) is 11.2. The van der Waals surface area contributed by atoms with Crippen molar-refractivity contribution < 1.29 is 4.74 Å². The summed E-state index contributed by atoms with van der Waals surface area (Å²) in [7, 11) is 0. The molecule has 0 rings (SSSR count). The maximum absolute atomic E-state index is 5.90. The molecule has 0 radical (unpaired) electrons. The Kier molecular flexibility index (Phi) is 11.4. The second-order valence-corrected chi connectivity index (χ2v) is 18.6. The van der Waals surface area contributed by atoms with Crippen LogP contribution in [0.2, 0.25) is 13.3 Å². The molecule has 0 atom stereocenters. The van der Waals surface area contributed by atoms with Gasteiger partial charge < -0.3 is 0 Å². The van der Waals surface area contributed by atoms with Crippen LogP contribution in [0.15, 0.2) is 10.4 Å². The van der Waals surface area contributed by atoms with E-state index in [1.807, 2.05) is 0 Å². The van der Waals surface area contributed by atoms with Crippen LogP contribution >= 0.6 is 0 Å². The molecular formula is C16H34OSn. The van der Waals surface area contributed by atoms with Gasteiger partial charge in [-0.1, -0.05) is 0 Å². The minimum absolute atomic E-state index is 0.807. The molecule has 0 N–H and O–H groups in total. The van der Waals surface area contributed by atoms with Gasteiger partial charge in [-0.15, -0.1) is 0 Å². The normalized spacial score (nSPS) is 11.6. The van der Waals surface area contributed by atoms with Crippen LogP contribution in [-0.2, 0) is 4.74 Å². The summed E-state index contributed by atoms with van der Waals surface area (Å²) in [5.41, 5.74) is 0. The summed E-state index contributed by atoms with van der Waals surface area (Å²) in [6.45, 7) is 14.2. The molecule has 0 saturated carbocycles. The zero-order valence-corrected chi connectivity index (χ0v) is 16.0. The quantitative estimate of drug-likeness (QED) is 0.320. The monoisotopic (exact) mass is 288 g/mol. The molecule has 0 aliphatic carbocycles. The molecule has 0 aromatic heterocycles. The van der Waals surface area contributed by atoms with Crippen LogP contribution in [0.5, 0.6) is 0 Å². The van der Waals surface area contributed by atoms with Crippen LogP contribution in [0.3, 0.4) is 0 Å². The summed E-state index contributed by atoms with van der Waals surface area (Å²) >= 11 is -2.24. The van der Waals surface area contributed by atoms with Crippen molar-refractivity contribution in [2.75, 3.05) is 6.61 Å². The summed E-state index contributed by atoms with van der Waals surface area (Å²) in [4.78, 5) is 0. The molecule has 2 heteroatoms. The van der Waals surface area contributed by atoms with E-state index in [0.717, 1.165) is 6.61 Å². The van der Waals surface area contributed by atoms with E-state index in [1.54, 1.807) is 0 Å². The first-order valence-corrected chi connectivity index (χ1v) is 15.5. The third kappa shape index (κ3) is 6.49. The van der Waals surface area contributed by atoms with Crippen molar-refractivity contribution in [3.8, 4) is 0 Å². The Balaban J connectivity index is 4.78. The number of hydrogen-bond donors (Lipinski definition) is 0. The molecule has 0 aliphatic heterocycles. The molecule has 108 valence electrons. The van der Waals surface area contributed by atoms with E-state index in [4.69, 9.17) is 4.74 Å². The van der Waals surface area contributed by atoms with Crippen LogP contribution < -0.4 is 0 Å². The Hall–Kier alpha value is 0.339. The van der Waals surface area contributed by atoms with Gasteiger partial charge in [-0.05, 0) is 0 Å². The molecule has 0 bridgehead atoms. The van der Waals surface area contributed by atoms with E-state index >= 15 is 0 Å². The Morgan fingerprint density at radius 1 is 0.833 bits per heavy atom. The van der Waals surface area contributed by atoms with Crippen molar-refractivity contribution in [3.05, 3.63) is 10.4 Å². The molecule has 0 aliphatic rings. The molecule has 0 unspecified atom stereocenters. The number of ether oxygens (including phenoxy) is 1. The van der Waals surface area contributed by atoms with Gasteiger partial charge in [0.25, 0.3) is 0 Å². The molecule has 0 aromatic carbocycles.